The van der Waals surface area contributed by atoms with Gasteiger partial charge in [0.25, 0.3) is 0 Å². The van der Waals surface area contributed by atoms with Crippen LogP contribution in [0.2, 0.25) is 0 Å². The van der Waals surface area contributed by atoms with Gasteiger partial charge in [0.1, 0.15) is 0 Å². The number of rotatable bonds is 0. The van der Waals surface area contributed by atoms with Gasteiger partial charge >= 0.3 is 0 Å². The molecule has 4 aromatic heterocycles. The van der Waals surface area contributed by atoms with Crippen molar-refractivity contribution in [2.24, 2.45) is 23.7 Å². The predicted octanol–water partition coefficient (Wildman–Crippen LogP) is 9.43. The molecular formula is C39H34N4. The monoisotopic (exact) mass is 558 g/mol. The van der Waals surface area contributed by atoms with Crippen LogP contribution in [0.25, 0.3) is 48.9 Å². The van der Waals surface area contributed by atoms with E-state index in [0.29, 0.717) is 23.7 Å². The van der Waals surface area contributed by atoms with Crippen LogP contribution < -0.4 is 0 Å². The lowest BCUT2D eigenvalue weighted by molar-refractivity contribution is 0.165. The highest BCUT2D eigenvalue weighted by Crippen LogP contribution is 2.60. The molecule has 8 aliphatic rings. The van der Waals surface area contributed by atoms with Crippen LogP contribution in [0.1, 0.15) is 116 Å². The van der Waals surface area contributed by atoms with Gasteiger partial charge in [-0.2, -0.15) is 5.26 Å². The minimum Gasteiger partial charge on any atom is -0.305 e. The van der Waals surface area contributed by atoms with Crippen molar-refractivity contribution in [3.8, 4) is 6.07 Å². The number of hydrogen-bond acceptors (Lipinski definition) is 3. The Morgan fingerprint density at radius 1 is 0.605 bits per heavy atom. The van der Waals surface area contributed by atoms with E-state index in [0.717, 1.165) is 29.2 Å². The molecule has 0 aliphatic heterocycles. The third kappa shape index (κ3) is 2.68. The Labute approximate surface area is 250 Å². The number of nitrogens with zero attached hydrogens (tertiary/aromatic N) is 4. The summed E-state index contributed by atoms with van der Waals surface area (Å²) in [5.41, 5.74) is 10.7. The molecule has 8 aliphatic carbocycles. The van der Waals surface area contributed by atoms with Crippen molar-refractivity contribution in [2.75, 3.05) is 0 Å². The summed E-state index contributed by atoms with van der Waals surface area (Å²) in [6.07, 6.45) is 18.0. The summed E-state index contributed by atoms with van der Waals surface area (Å²) in [5, 5.41) is 18.1. The van der Waals surface area contributed by atoms with Gasteiger partial charge in [-0.3, -0.25) is 9.97 Å². The zero-order valence-corrected chi connectivity index (χ0v) is 24.4. The van der Waals surface area contributed by atoms with Crippen LogP contribution in [-0.2, 0) is 0 Å². The van der Waals surface area contributed by atoms with E-state index in [1.807, 2.05) is 6.07 Å². The second-order valence-corrected chi connectivity index (χ2v) is 15.8. The van der Waals surface area contributed by atoms with Crippen LogP contribution in [0, 0.1) is 35.0 Å². The normalized spacial score (nSPS) is 33.6. The molecule has 0 spiro atoms. The summed E-state index contributed by atoms with van der Waals surface area (Å²) in [7, 11) is 0. The maximum atomic E-state index is 9.91. The van der Waals surface area contributed by atoms with Crippen LogP contribution in [-0.4, -0.2) is 14.4 Å². The summed E-state index contributed by atoms with van der Waals surface area (Å²) < 4.78 is 2.58. The van der Waals surface area contributed by atoms with E-state index in [1.54, 1.807) is 11.1 Å². The molecule has 4 fully saturated rings. The third-order valence-electron chi connectivity index (χ3n) is 13.6. The van der Waals surface area contributed by atoms with Crippen LogP contribution >= 0.6 is 0 Å². The first kappa shape index (κ1) is 22.8. The largest absolute Gasteiger partial charge is 0.305 e. The van der Waals surface area contributed by atoms with Crippen LogP contribution in [0.3, 0.4) is 0 Å². The molecule has 4 heteroatoms. The highest BCUT2D eigenvalue weighted by atomic mass is 14.9. The Bertz CT molecular complexity index is 2260. The zero-order valence-electron chi connectivity index (χ0n) is 24.4. The maximum absolute atomic E-state index is 9.91. The fourth-order valence-corrected chi connectivity index (χ4v) is 12.6. The van der Waals surface area contributed by atoms with Gasteiger partial charge in [-0.05, 0) is 140 Å². The molecule has 43 heavy (non-hydrogen) atoms. The average Bonchev–Trinajstić information content (AvgIpc) is 3.40. The fraction of sp³-hybridized carbons (Fsp3) is 0.462. The second-order valence-electron chi connectivity index (χ2n) is 15.8. The van der Waals surface area contributed by atoms with Crippen molar-refractivity contribution >= 4 is 48.9 Å². The van der Waals surface area contributed by atoms with Gasteiger partial charge in [0.15, 0.2) is 0 Å². The number of fused-ring (bicyclic) bond motifs is 8. The maximum Gasteiger partial charge on any atom is 0.0991 e. The molecule has 0 amide bonds. The molecule has 210 valence electrons. The van der Waals surface area contributed by atoms with Gasteiger partial charge in [-0.15, -0.1) is 0 Å². The van der Waals surface area contributed by atoms with E-state index in [1.165, 1.54) is 124 Å². The van der Waals surface area contributed by atoms with Crippen molar-refractivity contribution in [1.82, 2.24) is 14.4 Å². The molecule has 0 N–H and O–H groups in total. The Morgan fingerprint density at radius 3 is 1.77 bits per heavy atom. The van der Waals surface area contributed by atoms with Gasteiger partial charge in [-0.25, -0.2) is 0 Å². The Morgan fingerprint density at radius 2 is 1.16 bits per heavy atom. The van der Waals surface area contributed by atoms with Crippen LogP contribution in [0.15, 0.2) is 36.7 Å². The number of benzene rings is 2. The van der Waals surface area contributed by atoms with E-state index >= 15 is 0 Å². The first-order valence-electron chi connectivity index (χ1n) is 17.1. The van der Waals surface area contributed by atoms with E-state index < -0.39 is 0 Å². The van der Waals surface area contributed by atoms with E-state index in [4.69, 9.17) is 9.97 Å². The van der Waals surface area contributed by atoms with Crippen LogP contribution in [0.5, 0.6) is 0 Å². The van der Waals surface area contributed by atoms with Gasteiger partial charge in [0.05, 0.1) is 40.6 Å². The number of pyridine rings is 2. The average molecular weight is 559 g/mol. The van der Waals surface area contributed by atoms with Gasteiger partial charge in [0.2, 0.25) is 0 Å². The molecular weight excluding hydrogens is 524 g/mol. The molecule has 2 aromatic carbocycles. The summed E-state index contributed by atoms with van der Waals surface area (Å²) in [6, 6.07) is 11.3. The molecule has 14 rings (SSSR count). The predicted molar refractivity (Wildman–Crippen MR) is 170 cm³/mol. The topological polar surface area (TPSA) is 54.0 Å². The number of hydrogen-bond donors (Lipinski definition) is 0. The molecule has 4 unspecified atom stereocenters. The Kier molecular flexibility index (Phi) is 3.97. The summed E-state index contributed by atoms with van der Waals surface area (Å²) in [5.74, 6) is 5.95. The molecule has 4 heterocycles. The first-order valence-corrected chi connectivity index (χ1v) is 17.1. The lowest BCUT2D eigenvalue weighted by atomic mass is 9.67. The molecule has 0 radical (unpaired) electrons. The molecule has 8 bridgehead atoms. The zero-order chi connectivity index (χ0) is 27.7. The highest BCUT2D eigenvalue weighted by Gasteiger charge is 2.46. The van der Waals surface area contributed by atoms with Crippen LogP contribution in [0.4, 0.5) is 0 Å². The van der Waals surface area contributed by atoms with Gasteiger partial charge < -0.3 is 4.40 Å². The first-order chi connectivity index (χ1) is 21.2. The van der Waals surface area contributed by atoms with E-state index in [-0.39, 0.29) is 0 Å². The summed E-state index contributed by atoms with van der Waals surface area (Å²) in [6.45, 7) is 0. The minimum atomic E-state index is 0.618. The Hall–Kier alpha value is -3.71. The van der Waals surface area contributed by atoms with Crippen molar-refractivity contribution in [3.63, 3.8) is 0 Å². The van der Waals surface area contributed by atoms with Crippen molar-refractivity contribution < 1.29 is 0 Å². The molecule has 0 saturated heterocycles. The molecule has 6 aromatic rings. The SMILES string of the molecule is N#Cc1ccc2c(c1)cc1c3c4c(ncc3n3c5cnc6c(c5c2c13)C1CC2CC(CC6C2)C1)C1CC2CC(C1)CC4C2. The Balaban J connectivity index is 1.29. The second kappa shape index (κ2) is 7.49. The number of aromatic nitrogens is 3. The molecule has 4 saturated carbocycles. The minimum absolute atomic E-state index is 0.618. The fourth-order valence-electron chi connectivity index (χ4n) is 12.6. The van der Waals surface area contributed by atoms with Crippen molar-refractivity contribution in [3.05, 3.63) is 64.7 Å². The summed E-state index contributed by atoms with van der Waals surface area (Å²) in [4.78, 5) is 10.8. The van der Waals surface area contributed by atoms with Gasteiger partial charge in [-0.1, -0.05) is 6.07 Å². The van der Waals surface area contributed by atoms with Crippen molar-refractivity contribution in [1.29, 1.82) is 5.26 Å². The number of nitriles is 1. The van der Waals surface area contributed by atoms with Gasteiger partial charge in [0, 0.05) is 44.8 Å². The van der Waals surface area contributed by atoms with E-state index in [2.05, 4.69) is 41.1 Å². The van der Waals surface area contributed by atoms with E-state index in [9.17, 15) is 5.26 Å². The standard InChI is InChI=1S/C39H34N4/c40-15-18-1-2-28-23(5-18)14-29-34-30(16-41-37-26-10-19-3-20(11-26)7-24(6-19)32(34)37)43-31-17-42-38-27-12-21-4-22(13-27)9-25(8-21)33(38)36(31)35(28)39(29)43/h1-2,5,14,16-17,19-22,24-27H,3-4,6-13H2. The lowest BCUT2D eigenvalue weighted by Gasteiger charge is -2.38. The third-order valence-corrected chi connectivity index (χ3v) is 13.6. The highest BCUT2D eigenvalue weighted by molar-refractivity contribution is 6.32. The summed E-state index contributed by atoms with van der Waals surface area (Å²) >= 11 is 0. The molecule has 4 atom stereocenters. The lowest BCUT2D eigenvalue weighted by Crippen LogP contribution is -2.25. The smallest absolute Gasteiger partial charge is 0.0991 e. The van der Waals surface area contributed by atoms with Crippen molar-refractivity contribution in [2.45, 2.75) is 87.9 Å². The molecule has 4 nitrogen and oxygen atoms in total. The quantitative estimate of drug-likeness (QED) is 0.187.